The first-order valence-corrected chi connectivity index (χ1v) is 13.6. The van der Waals surface area contributed by atoms with Crippen LogP contribution in [-0.4, -0.2) is 67.5 Å². The van der Waals surface area contributed by atoms with Crippen molar-refractivity contribution >= 4 is 25.8 Å². The van der Waals surface area contributed by atoms with Gasteiger partial charge in [-0.15, -0.1) is 0 Å². The maximum atomic E-state index is 13.8. The van der Waals surface area contributed by atoms with Crippen LogP contribution in [0.3, 0.4) is 0 Å². The fraction of sp³-hybridized carbons (Fsp3) is 0.667. The summed E-state index contributed by atoms with van der Waals surface area (Å²) in [5.74, 6) is -8.51. The van der Waals surface area contributed by atoms with E-state index in [-0.39, 0.29) is 6.07 Å². The van der Waals surface area contributed by atoms with Crippen molar-refractivity contribution in [1.82, 2.24) is 8.61 Å². The molecule has 202 valence electrons. The number of hydrogen-bond acceptors (Lipinski definition) is 5. The van der Waals surface area contributed by atoms with Crippen LogP contribution in [0.4, 0.5) is 22.0 Å². The molecule has 1 aromatic rings. The van der Waals surface area contributed by atoms with E-state index in [4.69, 9.17) is 0 Å². The Morgan fingerprint density at radius 2 is 1.03 bits per heavy atom. The number of halogens is 5. The van der Waals surface area contributed by atoms with E-state index in [1.807, 2.05) is 0 Å². The van der Waals surface area contributed by atoms with E-state index in [2.05, 4.69) is 0 Å². The predicted octanol–water partition coefficient (Wildman–Crippen LogP) is 4.68. The Labute approximate surface area is 203 Å². The van der Waals surface area contributed by atoms with Crippen LogP contribution >= 0.6 is 0 Å². The van der Waals surface area contributed by atoms with Crippen LogP contribution < -0.4 is 0 Å². The molecule has 0 amide bonds. The van der Waals surface area contributed by atoms with Crippen molar-refractivity contribution < 1.29 is 43.6 Å². The Morgan fingerprint density at radius 1 is 0.686 bits per heavy atom. The van der Waals surface area contributed by atoms with Gasteiger partial charge in [0, 0.05) is 29.7 Å². The van der Waals surface area contributed by atoms with E-state index >= 15 is 0 Å². The molecule has 0 spiro atoms. The lowest BCUT2D eigenvalue weighted by molar-refractivity contribution is -0.255. The summed E-state index contributed by atoms with van der Waals surface area (Å²) in [6.45, 7) is 12.0. The second kappa shape index (κ2) is 10.4. The molecular weight excluding hydrogens is 519 g/mol. The number of carbonyl (C=O) groups is 1. The molecule has 0 atom stereocenters. The van der Waals surface area contributed by atoms with Gasteiger partial charge in [-0.1, -0.05) is 0 Å². The molecule has 0 aliphatic rings. The lowest BCUT2D eigenvalue weighted by Crippen LogP contribution is -2.45. The summed E-state index contributed by atoms with van der Waals surface area (Å²) >= 11 is 0. The van der Waals surface area contributed by atoms with Crippen LogP contribution in [0, 0.1) is 0 Å². The molecule has 0 aromatic heterocycles. The molecule has 0 saturated carbocycles. The smallest absolute Gasteiger partial charge is 0.287 e. The summed E-state index contributed by atoms with van der Waals surface area (Å²) in [6, 6.07) is -1.47. The molecule has 0 unspecified atom stereocenters. The van der Waals surface area contributed by atoms with E-state index < -0.39 is 77.5 Å². The number of sulfonamides is 2. The van der Waals surface area contributed by atoms with Gasteiger partial charge in [0.25, 0.3) is 0 Å². The minimum Gasteiger partial charge on any atom is -0.287 e. The summed E-state index contributed by atoms with van der Waals surface area (Å²) in [7, 11) is -9.38. The minimum absolute atomic E-state index is 0.279. The van der Waals surface area contributed by atoms with Gasteiger partial charge in [-0.3, -0.25) is 4.79 Å². The summed E-state index contributed by atoms with van der Waals surface area (Å²) in [4.78, 5) is 10.2. The molecule has 1 rings (SSSR count). The Morgan fingerprint density at radius 3 is 1.34 bits per heavy atom. The normalized spacial score (nSPS) is 14.3. The van der Waals surface area contributed by atoms with Crippen molar-refractivity contribution in [2.75, 3.05) is 0 Å². The van der Waals surface area contributed by atoms with Crippen LogP contribution in [-0.2, 0) is 20.0 Å². The van der Waals surface area contributed by atoms with E-state index in [1.165, 1.54) is 55.4 Å². The molecule has 1 aromatic carbocycles. The van der Waals surface area contributed by atoms with E-state index in [1.54, 1.807) is 0 Å². The highest BCUT2D eigenvalue weighted by Crippen LogP contribution is 2.39. The van der Waals surface area contributed by atoms with Crippen molar-refractivity contribution in [1.29, 1.82) is 0 Å². The van der Waals surface area contributed by atoms with E-state index in [9.17, 15) is 43.6 Å². The fourth-order valence-corrected chi connectivity index (χ4v) is 8.36. The van der Waals surface area contributed by atoms with Gasteiger partial charge in [0.2, 0.25) is 25.8 Å². The lowest BCUT2D eigenvalue weighted by atomic mass is 10.1. The third-order valence-electron chi connectivity index (χ3n) is 4.99. The molecular formula is C21H31F5N2O5S2. The molecule has 0 radical (unpaired) electrons. The highest BCUT2D eigenvalue weighted by Gasteiger charge is 2.63. The van der Waals surface area contributed by atoms with Crippen molar-refractivity contribution in [2.24, 2.45) is 0 Å². The second-order valence-corrected chi connectivity index (χ2v) is 12.7. The fourth-order valence-electron chi connectivity index (χ4n) is 3.90. The summed E-state index contributed by atoms with van der Waals surface area (Å²) in [6.07, 6.45) is -6.23. The SMILES string of the molecule is CC(C)N(C(C)C)S(=O)(=O)c1ccc(C(=O)C(F)(F)C(F)(F)F)cc1S(=O)(=O)N(C(C)C)C(C)C. The molecule has 14 heteroatoms. The number of rotatable bonds is 10. The van der Waals surface area contributed by atoms with Gasteiger partial charge in [0.05, 0.1) is 0 Å². The van der Waals surface area contributed by atoms with E-state index in [0.717, 1.165) is 8.61 Å². The van der Waals surface area contributed by atoms with Crippen molar-refractivity contribution in [3.63, 3.8) is 0 Å². The highest BCUT2D eigenvalue weighted by molar-refractivity contribution is 7.92. The highest BCUT2D eigenvalue weighted by atomic mass is 32.2. The number of hydrogen-bond donors (Lipinski definition) is 0. The quantitative estimate of drug-likeness (QED) is 0.312. The average Bonchev–Trinajstić information content (AvgIpc) is 2.63. The molecule has 0 N–H and O–H groups in total. The number of nitrogens with zero attached hydrogens (tertiary/aromatic N) is 2. The summed E-state index contributed by atoms with van der Waals surface area (Å²) in [5, 5.41) is 0. The van der Waals surface area contributed by atoms with Crippen molar-refractivity contribution in [3.05, 3.63) is 23.8 Å². The monoisotopic (exact) mass is 550 g/mol. The van der Waals surface area contributed by atoms with Gasteiger partial charge in [-0.2, -0.15) is 30.6 Å². The first kappa shape index (κ1) is 31.4. The largest absolute Gasteiger partial charge is 0.461 e. The number of benzene rings is 1. The number of carbonyl (C=O) groups excluding carboxylic acids is 1. The third kappa shape index (κ3) is 6.03. The molecule has 35 heavy (non-hydrogen) atoms. The molecule has 0 fully saturated rings. The second-order valence-electron chi connectivity index (χ2n) is 9.11. The number of ketones is 1. The van der Waals surface area contributed by atoms with Gasteiger partial charge in [-0.25, -0.2) is 16.8 Å². The lowest BCUT2D eigenvalue weighted by Gasteiger charge is -2.33. The number of alkyl halides is 5. The Kier molecular flexibility index (Phi) is 9.31. The standard InChI is InChI=1S/C21H31F5N2O5S2/c1-12(2)27(13(3)4)34(30,31)17-10-9-16(19(29)20(22,23)21(24,25)26)11-18(17)35(32,33)28(14(5)6)15(7)8/h9-15H,1-8H3. The zero-order chi connectivity index (χ0) is 27.9. The minimum atomic E-state index is -6.23. The molecule has 0 saturated heterocycles. The molecule has 0 aliphatic heterocycles. The first-order valence-electron chi connectivity index (χ1n) is 10.7. The van der Waals surface area contributed by atoms with Crippen LogP contribution in [0.15, 0.2) is 28.0 Å². The average molecular weight is 551 g/mol. The van der Waals surface area contributed by atoms with Crippen molar-refractivity contribution in [3.8, 4) is 0 Å². The molecule has 7 nitrogen and oxygen atoms in total. The Balaban J connectivity index is 4.11. The maximum Gasteiger partial charge on any atom is 0.461 e. The van der Waals surface area contributed by atoms with Crippen molar-refractivity contribution in [2.45, 2.75) is 101 Å². The van der Waals surface area contributed by atoms with Gasteiger partial charge in [0.15, 0.2) is 0 Å². The van der Waals surface area contributed by atoms with Gasteiger partial charge in [0.1, 0.15) is 9.79 Å². The zero-order valence-electron chi connectivity index (χ0n) is 20.7. The molecule has 0 bridgehead atoms. The summed E-state index contributed by atoms with van der Waals surface area (Å²) < 4.78 is 122. The third-order valence-corrected chi connectivity index (χ3v) is 9.73. The van der Waals surface area contributed by atoms with Gasteiger partial charge < -0.3 is 0 Å². The van der Waals surface area contributed by atoms with Gasteiger partial charge in [-0.05, 0) is 73.6 Å². The molecule has 0 heterocycles. The summed E-state index contributed by atoms with van der Waals surface area (Å²) in [5.41, 5.74) is -1.29. The van der Waals surface area contributed by atoms with E-state index in [0.29, 0.717) is 12.1 Å². The Bertz CT molecular complexity index is 1130. The Hall–Kier alpha value is -1.64. The predicted molar refractivity (Wildman–Crippen MR) is 120 cm³/mol. The zero-order valence-corrected chi connectivity index (χ0v) is 22.3. The van der Waals surface area contributed by atoms with Crippen LogP contribution in [0.2, 0.25) is 0 Å². The van der Waals surface area contributed by atoms with Crippen LogP contribution in [0.1, 0.15) is 65.7 Å². The molecule has 0 aliphatic carbocycles. The van der Waals surface area contributed by atoms with Gasteiger partial charge >= 0.3 is 12.1 Å². The number of Topliss-reactive ketones (excluding diaryl/α,β-unsaturated/α-hetero) is 1. The van der Waals surface area contributed by atoms with Crippen LogP contribution in [0.5, 0.6) is 0 Å². The first-order chi connectivity index (χ1) is 15.5. The maximum absolute atomic E-state index is 13.8. The van der Waals surface area contributed by atoms with Crippen LogP contribution in [0.25, 0.3) is 0 Å². The topological polar surface area (TPSA) is 91.8 Å².